The van der Waals surface area contributed by atoms with E-state index in [0.717, 1.165) is 6.42 Å². The van der Waals surface area contributed by atoms with Crippen LogP contribution in [0.3, 0.4) is 0 Å². The molecule has 0 spiro atoms. The predicted octanol–water partition coefficient (Wildman–Crippen LogP) is 1.36. The lowest BCUT2D eigenvalue weighted by Gasteiger charge is -2.17. The molecule has 0 aromatic rings. The Bertz CT molecular complexity index is 91.6. The van der Waals surface area contributed by atoms with Crippen LogP contribution in [0.1, 0.15) is 33.6 Å². The normalized spacial score (nSPS) is 16.9. The van der Waals surface area contributed by atoms with Crippen LogP contribution in [0.2, 0.25) is 0 Å². The molecule has 0 aliphatic heterocycles. The summed E-state index contributed by atoms with van der Waals surface area (Å²) in [7, 11) is 1.99. The molecule has 0 fully saturated rings. The van der Waals surface area contributed by atoms with E-state index in [1.165, 1.54) is 6.42 Å². The van der Waals surface area contributed by atoms with Gasteiger partial charge in [-0.05, 0) is 32.7 Å². The molecule has 0 aliphatic carbocycles. The Balaban J connectivity index is 3.37. The fourth-order valence-corrected chi connectivity index (χ4v) is 0.920. The van der Waals surface area contributed by atoms with Crippen molar-refractivity contribution in [3.05, 3.63) is 0 Å². The van der Waals surface area contributed by atoms with Gasteiger partial charge in [-0.3, -0.25) is 0 Å². The van der Waals surface area contributed by atoms with Gasteiger partial charge in [0, 0.05) is 12.1 Å². The maximum absolute atomic E-state index is 5.89. The standard InChI is InChI=1S/C9H22N2/c1-7(2)9(10)6-5-8(3)11-4/h7-9,11H,5-6,10H2,1-4H3/t8-,9?/m1/s1. The fourth-order valence-electron chi connectivity index (χ4n) is 0.920. The van der Waals surface area contributed by atoms with E-state index >= 15 is 0 Å². The van der Waals surface area contributed by atoms with Crippen molar-refractivity contribution < 1.29 is 0 Å². The van der Waals surface area contributed by atoms with Gasteiger partial charge >= 0.3 is 0 Å². The third-order valence-electron chi connectivity index (χ3n) is 2.28. The summed E-state index contributed by atoms with van der Waals surface area (Å²) in [6, 6.07) is 0.964. The fraction of sp³-hybridized carbons (Fsp3) is 1.00. The largest absolute Gasteiger partial charge is 0.327 e. The van der Waals surface area contributed by atoms with Gasteiger partial charge in [0.25, 0.3) is 0 Å². The monoisotopic (exact) mass is 158 g/mol. The molecule has 68 valence electrons. The zero-order valence-corrected chi connectivity index (χ0v) is 8.22. The number of rotatable bonds is 5. The number of hydrogen-bond acceptors (Lipinski definition) is 2. The van der Waals surface area contributed by atoms with E-state index in [2.05, 4.69) is 26.1 Å². The second-order valence-electron chi connectivity index (χ2n) is 3.67. The maximum Gasteiger partial charge on any atom is 0.00624 e. The molecule has 0 bridgehead atoms. The van der Waals surface area contributed by atoms with Crippen LogP contribution in [0.5, 0.6) is 0 Å². The summed E-state index contributed by atoms with van der Waals surface area (Å²) >= 11 is 0. The van der Waals surface area contributed by atoms with Crippen LogP contribution in [0, 0.1) is 5.92 Å². The molecule has 3 N–H and O–H groups in total. The molecule has 2 heteroatoms. The van der Waals surface area contributed by atoms with Crippen molar-refractivity contribution in [3.8, 4) is 0 Å². The molecule has 1 unspecified atom stereocenters. The molecule has 0 aromatic carbocycles. The first-order valence-electron chi connectivity index (χ1n) is 4.50. The Morgan fingerprint density at radius 2 is 1.73 bits per heavy atom. The zero-order valence-electron chi connectivity index (χ0n) is 8.22. The summed E-state index contributed by atoms with van der Waals surface area (Å²) in [6.07, 6.45) is 2.30. The van der Waals surface area contributed by atoms with Crippen molar-refractivity contribution in [1.82, 2.24) is 5.32 Å². The number of nitrogens with two attached hydrogens (primary N) is 1. The highest BCUT2D eigenvalue weighted by atomic mass is 14.8. The molecular weight excluding hydrogens is 136 g/mol. The predicted molar refractivity (Wildman–Crippen MR) is 50.6 cm³/mol. The van der Waals surface area contributed by atoms with E-state index in [-0.39, 0.29) is 0 Å². The van der Waals surface area contributed by atoms with Gasteiger partial charge < -0.3 is 11.1 Å². The van der Waals surface area contributed by atoms with E-state index in [4.69, 9.17) is 5.73 Å². The summed E-state index contributed by atoms with van der Waals surface area (Å²) < 4.78 is 0. The van der Waals surface area contributed by atoms with Crippen LogP contribution in [0.4, 0.5) is 0 Å². The first-order valence-corrected chi connectivity index (χ1v) is 4.50. The van der Waals surface area contributed by atoms with Crippen LogP contribution < -0.4 is 11.1 Å². The number of nitrogens with one attached hydrogen (secondary N) is 1. The molecule has 2 atom stereocenters. The van der Waals surface area contributed by atoms with Gasteiger partial charge in [-0.25, -0.2) is 0 Å². The highest BCUT2D eigenvalue weighted by molar-refractivity contribution is 4.68. The molecule has 0 saturated carbocycles. The Labute approximate surface area is 70.5 Å². The molecule has 0 aromatic heterocycles. The smallest absolute Gasteiger partial charge is 0.00624 e. The van der Waals surface area contributed by atoms with E-state index in [0.29, 0.717) is 18.0 Å². The van der Waals surface area contributed by atoms with Gasteiger partial charge in [0.05, 0.1) is 0 Å². The summed E-state index contributed by atoms with van der Waals surface area (Å²) in [6.45, 7) is 6.54. The van der Waals surface area contributed by atoms with Crippen molar-refractivity contribution in [1.29, 1.82) is 0 Å². The second-order valence-corrected chi connectivity index (χ2v) is 3.67. The van der Waals surface area contributed by atoms with Crippen LogP contribution in [-0.4, -0.2) is 19.1 Å². The first-order chi connectivity index (χ1) is 5.07. The lowest BCUT2D eigenvalue weighted by Crippen LogP contribution is -2.30. The minimum Gasteiger partial charge on any atom is -0.327 e. The highest BCUT2D eigenvalue weighted by Gasteiger charge is 2.08. The van der Waals surface area contributed by atoms with Gasteiger partial charge in [0.2, 0.25) is 0 Å². The summed E-state index contributed by atoms with van der Waals surface area (Å²) in [5, 5.41) is 3.20. The van der Waals surface area contributed by atoms with E-state index in [1.807, 2.05) is 7.05 Å². The SMILES string of the molecule is CN[C@H](C)CCC(N)C(C)C. The molecule has 0 heterocycles. The summed E-state index contributed by atoms with van der Waals surface area (Å²) in [5.74, 6) is 0.610. The topological polar surface area (TPSA) is 38.0 Å². The quantitative estimate of drug-likeness (QED) is 0.634. The van der Waals surface area contributed by atoms with Gasteiger partial charge in [-0.1, -0.05) is 13.8 Å². The van der Waals surface area contributed by atoms with E-state index in [1.54, 1.807) is 0 Å². The number of hydrogen-bond donors (Lipinski definition) is 2. The zero-order chi connectivity index (χ0) is 8.85. The van der Waals surface area contributed by atoms with Gasteiger partial charge in [-0.2, -0.15) is 0 Å². The van der Waals surface area contributed by atoms with Crippen molar-refractivity contribution in [2.75, 3.05) is 7.05 Å². The van der Waals surface area contributed by atoms with Gasteiger partial charge in [-0.15, -0.1) is 0 Å². The lowest BCUT2D eigenvalue weighted by molar-refractivity contribution is 0.420. The average Bonchev–Trinajstić information content (AvgIpc) is 1.99. The lowest BCUT2D eigenvalue weighted by atomic mass is 9.98. The van der Waals surface area contributed by atoms with Crippen molar-refractivity contribution in [2.45, 2.75) is 45.7 Å². The Hall–Kier alpha value is -0.0800. The van der Waals surface area contributed by atoms with Crippen LogP contribution >= 0.6 is 0 Å². The van der Waals surface area contributed by atoms with Crippen LogP contribution in [0.25, 0.3) is 0 Å². The minimum atomic E-state index is 0.366. The van der Waals surface area contributed by atoms with E-state index < -0.39 is 0 Å². The summed E-state index contributed by atoms with van der Waals surface area (Å²) in [4.78, 5) is 0. The highest BCUT2D eigenvalue weighted by Crippen LogP contribution is 2.06. The van der Waals surface area contributed by atoms with Gasteiger partial charge in [0.1, 0.15) is 0 Å². The maximum atomic E-state index is 5.89. The molecule has 11 heavy (non-hydrogen) atoms. The molecular formula is C9H22N2. The Kier molecular flexibility index (Phi) is 5.51. The Morgan fingerprint density at radius 3 is 2.09 bits per heavy atom. The molecule has 0 rings (SSSR count). The average molecular weight is 158 g/mol. The second kappa shape index (κ2) is 5.56. The molecule has 0 aliphatic rings. The molecule has 2 nitrogen and oxygen atoms in total. The third kappa shape index (κ3) is 5.22. The van der Waals surface area contributed by atoms with Crippen LogP contribution in [-0.2, 0) is 0 Å². The van der Waals surface area contributed by atoms with Gasteiger partial charge in [0.15, 0.2) is 0 Å². The molecule has 0 radical (unpaired) electrons. The third-order valence-corrected chi connectivity index (χ3v) is 2.28. The van der Waals surface area contributed by atoms with Crippen molar-refractivity contribution in [2.24, 2.45) is 11.7 Å². The van der Waals surface area contributed by atoms with Crippen molar-refractivity contribution in [3.63, 3.8) is 0 Å². The molecule has 0 saturated heterocycles. The van der Waals surface area contributed by atoms with Crippen molar-refractivity contribution >= 4 is 0 Å². The van der Waals surface area contributed by atoms with E-state index in [9.17, 15) is 0 Å². The molecule has 0 amide bonds. The first kappa shape index (κ1) is 10.9. The summed E-state index contributed by atoms with van der Waals surface area (Å²) in [5.41, 5.74) is 5.89. The minimum absolute atomic E-state index is 0.366. The Morgan fingerprint density at radius 1 is 1.18 bits per heavy atom. The van der Waals surface area contributed by atoms with Crippen LogP contribution in [0.15, 0.2) is 0 Å².